The summed E-state index contributed by atoms with van der Waals surface area (Å²) in [5.74, 6) is 0.118. The number of carbonyl (C=O) groups is 1. The van der Waals surface area contributed by atoms with E-state index in [1.165, 1.54) is 6.42 Å². The van der Waals surface area contributed by atoms with Crippen molar-refractivity contribution in [2.24, 2.45) is 16.3 Å². The summed E-state index contributed by atoms with van der Waals surface area (Å²) in [6.07, 6.45) is 6.45. The van der Waals surface area contributed by atoms with Crippen molar-refractivity contribution in [1.29, 1.82) is 0 Å². The van der Waals surface area contributed by atoms with E-state index >= 15 is 0 Å². The Bertz CT molecular complexity index is 343. The van der Waals surface area contributed by atoms with Crippen molar-refractivity contribution in [3.63, 3.8) is 0 Å². The zero-order chi connectivity index (χ0) is 14.5. The Labute approximate surface area is 115 Å². The van der Waals surface area contributed by atoms with E-state index in [0.717, 1.165) is 25.7 Å². The van der Waals surface area contributed by atoms with Gasteiger partial charge in [0, 0.05) is 5.41 Å². The quantitative estimate of drug-likeness (QED) is 0.310. The van der Waals surface area contributed by atoms with Crippen LogP contribution < -0.4 is 11.1 Å². The van der Waals surface area contributed by atoms with Crippen LogP contribution in [0.25, 0.3) is 0 Å². The predicted molar refractivity (Wildman–Crippen MR) is 76.1 cm³/mol. The zero-order valence-electron chi connectivity index (χ0n) is 12.3. The van der Waals surface area contributed by atoms with Crippen LogP contribution in [0.15, 0.2) is 5.16 Å². The van der Waals surface area contributed by atoms with E-state index in [1.807, 2.05) is 20.8 Å². The van der Waals surface area contributed by atoms with Gasteiger partial charge in [-0.3, -0.25) is 4.79 Å². The lowest BCUT2D eigenvalue weighted by Gasteiger charge is -2.38. The molecule has 0 heterocycles. The molecule has 0 atom stereocenters. The molecule has 1 fully saturated rings. The molecule has 0 aromatic carbocycles. The maximum Gasteiger partial charge on any atom is 0.226 e. The van der Waals surface area contributed by atoms with Gasteiger partial charge >= 0.3 is 0 Å². The Morgan fingerprint density at radius 3 is 2.26 bits per heavy atom. The van der Waals surface area contributed by atoms with Gasteiger partial charge < -0.3 is 16.3 Å². The van der Waals surface area contributed by atoms with E-state index in [4.69, 9.17) is 10.9 Å². The molecule has 0 aromatic heterocycles. The second-order valence-corrected chi connectivity index (χ2v) is 5.85. The molecule has 1 aliphatic rings. The molecule has 1 aliphatic carbocycles. The van der Waals surface area contributed by atoms with Crippen molar-refractivity contribution >= 4 is 11.7 Å². The first-order valence-corrected chi connectivity index (χ1v) is 7.24. The molecule has 1 amide bonds. The number of hydrogen-bond acceptors (Lipinski definition) is 3. The topological polar surface area (TPSA) is 87.7 Å². The van der Waals surface area contributed by atoms with Crippen LogP contribution in [0, 0.1) is 5.41 Å². The molecule has 5 heteroatoms. The van der Waals surface area contributed by atoms with Gasteiger partial charge in [-0.15, -0.1) is 0 Å². The lowest BCUT2D eigenvalue weighted by molar-refractivity contribution is -0.133. The summed E-state index contributed by atoms with van der Waals surface area (Å²) in [7, 11) is 0. The molecule has 0 saturated heterocycles. The summed E-state index contributed by atoms with van der Waals surface area (Å²) in [4.78, 5) is 12.6. The van der Waals surface area contributed by atoms with E-state index < -0.39 is 5.54 Å². The van der Waals surface area contributed by atoms with Gasteiger partial charge in [-0.05, 0) is 25.7 Å². The van der Waals surface area contributed by atoms with Gasteiger partial charge in [-0.2, -0.15) is 0 Å². The monoisotopic (exact) mass is 269 g/mol. The molecular weight excluding hydrogens is 242 g/mol. The molecule has 0 aromatic rings. The molecular formula is C14H27N3O2. The van der Waals surface area contributed by atoms with E-state index in [9.17, 15) is 4.79 Å². The fraction of sp³-hybridized carbons (Fsp3) is 0.857. The predicted octanol–water partition coefficient (Wildman–Crippen LogP) is 2.38. The summed E-state index contributed by atoms with van der Waals surface area (Å²) in [5.41, 5.74) is 4.73. The van der Waals surface area contributed by atoms with Crippen LogP contribution in [0.3, 0.4) is 0 Å². The summed E-state index contributed by atoms with van der Waals surface area (Å²) in [5, 5.41) is 15.1. The smallest absolute Gasteiger partial charge is 0.226 e. The lowest BCUT2D eigenvalue weighted by Crippen LogP contribution is -2.59. The van der Waals surface area contributed by atoms with Gasteiger partial charge in [0.05, 0.1) is 0 Å². The molecule has 0 spiro atoms. The molecule has 0 aliphatic heterocycles. The van der Waals surface area contributed by atoms with Gasteiger partial charge in [0.1, 0.15) is 5.54 Å². The summed E-state index contributed by atoms with van der Waals surface area (Å²) >= 11 is 0. The molecule has 0 bridgehead atoms. The van der Waals surface area contributed by atoms with Crippen LogP contribution in [-0.4, -0.2) is 22.5 Å². The fourth-order valence-electron chi connectivity index (χ4n) is 2.88. The second kappa shape index (κ2) is 6.26. The van der Waals surface area contributed by atoms with Crippen LogP contribution in [0.4, 0.5) is 0 Å². The highest BCUT2D eigenvalue weighted by Crippen LogP contribution is 2.36. The molecule has 4 N–H and O–H groups in total. The van der Waals surface area contributed by atoms with E-state index in [-0.39, 0.29) is 17.2 Å². The van der Waals surface area contributed by atoms with Gasteiger partial charge in [0.15, 0.2) is 5.84 Å². The highest BCUT2D eigenvalue weighted by atomic mass is 16.4. The van der Waals surface area contributed by atoms with Crippen molar-refractivity contribution < 1.29 is 10.0 Å². The minimum absolute atomic E-state index is 0.0301. The standard InChI is InChI=1S/C14H27N3O2/c1-4-14(5-2,11(15)17-19)16-12(18)13(3)9-7-6-8-10-13/h19H,4-10H2,1-3H3,(H2,15,17)(H,16,18). The number of amides is 1. The van der Waals surface area contributed by atoms with E-state index in [2.05, 4.69) is 10.5 Å². The number of amidine groups is 1. The number of rotatable bonds is 5. The maximum atomic E-state index is 12.6. The minimum atomic E-state index is -0.730. The number of nitrogens with one attached hydrogen (secondary N) is 1. The number of hydrogen-bond donors (Lipinski definition) is 3. The largest absolute Gasteiger partial charge is 0.409 e. The average Bonchev–Trinajstić information content (AvgIpc) is 2.44. The maximum absolute atomic E-state index is 12.6. The van der Waals surface area contributed by atoms with Gasteiger partial charge in [0.25, 0.3) is 0 Å². The van der Waals surface area contributed by atoms with Crippen LogP contribution >= 0.6 is 0 Å². The highest BCUT2D eigenvalue weighted by Gasteiger charge is 2.40. The Morgan fingerprint density at radius 2 is 1.84 bits per heavy atom. The molecule has 110 valence electrons. The molecule has 0 radical (unpaired) electrons. The third kappa shape index (κ3) is 3.19. The number of nitrogens with zero attached hydrogens (tertiary/aromatic N) is 1. The summed E-state index contributed by atoms with van der Waals surface area (Å²) < 4.78 is 0. The van der Waals surface area contributed by atoms with Crippen LogP contribution in [-0.2, 0) is 4.79 Å². The highest BCUT2D eigenvalue weighted by molar-refractivity contribution is 5.95. The summed E-state index contributed by atoms with van der Waals surface area (Å²) in [6.45, 7) is 5.89. The third-order valence-corrected chi connectivity index (χ3v) is 4.66. The fourth-order valence-corrected chi connectivity index (χ4v) is 2.88. The van der Waals surface area contributed by atoms with Gasteiger partial charge in [-0.1, -0.05) is 45.2 Å². The first-order valence-electron chi connectivity index (χ1n) is 7.24. The zero-order valence-corrected chi connectivity index (χ0v) is 12.3. The molecule has 1 saturated carbocycles. The average molecular weight is 269 g/mol. The van der Waals surface area contributed by atoms with E-state index in [1.54, 1.807) is 0 Å². The first-order chi connectivity index (χ1) is 8.94. The van der Waals surface area contributed by atoms with Crippen molar-refractivity contribution in [3.8, 4) is 0 Å². The molecule has 0 unspecified atom stereocenters. The number of nitrogens with two attached hydrogens (primary N) is 1. The van der Waals surface area contributed by atoms with Crippen LogP contribution in [0.1, 0.15) is 65.7 Å². The van der Waals surface area contributed by atoms with Crippen molar-refractivity contribution in [2.45, 2.75) is 71.3 Å². The Kier molecular flexibility index (Phi) is 5.20. The molecule has 1 rings (SSSR count). The SMILES string of the molecule is CCC(CC)(NC(=O)C1(C)CCCCC1)C(N)=NO. The Balaban J connectivity index is 2.87. The van der Waals surface area contributed by atoms with Crippen molar-refractivity contribution in [1.82, 2.24) is 5.32 Å². The summed E-state index contributed by atoms with van der Waals surface area (Å²) in [6, 6.07) is 0. The molecule has 5 nitrogen and oxygen atoms in total. The second-order valence-electron chi connectivity index (χ2n) is 5.85. The first kappa shape index (κ1) is 15.8. The van der Waals surface area contributed by atoms with E-state index in [0.29, 0.717) is 12.8 Å². The van der Waals surface area contributed by atoms with Crippen LogP contribution in [0.5, 0.6) is 0 Å². The minimum Gasteiger partial charge on any atom is -0.409 e. The number of carbonyl (C=O) groups excluding carboxylic acids is 1. The Morgan fingerprint density at radius 1 is 1.32 bits per heavy atom. The Hall–Kier alpha value is -1.26. The van der Waals surface area contributed by atoms with Crippen LogP contribution in [0.2, 0.25) is 0 Å². The normalized spacial score (nSPS) is 20.1. The van der Waals surface area contributed by atoms with Crippen molar-refractivity contribution in [3.05, 3.63) is 0 Å². The lowest BCUT2D eigenvalue weighted by atomic mass is 9.74. The van der Waals surface area contributed by atoms with Crippen molar-refractivity contribution in [2.75, 3.05) is 0 Å². The third-order valence-electron chi connectivity index (χ3n) is 4.66. The number of oxime groups is 1. The molecule has 19 heavy (non-hydrogen) atoms. The van der Waals surface area contributed by atoms with Gasteiger partial charge in [0.2, 0.25) is 5.91 Å². The van der Waals surface area contributed by atoms with Gasteiger partial charge in [-0.25, -0.2) is 0 Å².